The molecule has 96 valence electrons. The first-order chi connectivity index (χ1) is 8.10. The van der Waals surface area contributed by atoms with Crippen LogP contribution in [0.5, 0.6) is 0 Å². The highest BCUT2D eigenvalue weighted by atomic mass is 16.5. The van der Waals surface area contributed by atoms with Gasteiger partial charge in [-0.3, -0.25) is 0 Å². The number of rotatable bonds is 6. The summed E-state index contributed by atoms with van der Waals surface area (Å²) in [6.45, 7) is 7.47. The molecule has 1 unspecified atom stereocenters. The van der Waals surface area contributed by atoms with Crippen molar-refractivity contribution in [1.82, 2.24) is 4.98 Å². The second-order valence-electron chi connectivity index (χ2n) is 4.21. The zero-order valence-electron chi connectivity index (χ0n) is 11.1. The number of pyridine rings is 1. The average Bonchev–Trinajstić information content (AvgIpc) is 2.30. The van der Waals surface area contributed by atoms with Gasteiger partial charge in [-0.15, -0.1) is 0 Å². The number of nitrogens with zero attached hydrogens (tertiary/aromatic N) is 2. The molecule has 0 amide bonds. The SMILES string of the molecule is CCN(c1cc([C@@H](C)O)ccn1)C(C)COC. The second-order valence-corrected chi connectivity index (χ2v) is 4.21. The molecule has 0 aliphatic rings. The molecule has 1 aromatic rings. The number of methoxy groups -OCH3 is 1. The van der Waals surface area contributed by atoms with E-state index in [2.05, 4.69) is 23.7 Å². The second kappa shape index (κ2) is 6.57. The molecule has 0 aliphatic heterocycles. The molecule has 0 aromatic carbocycles. The Morgan fingerprint density at radius 3 is 2.71 bits per heavy atom. The first-order valence-corrected chi connectivity index (χ1v) is 5.99. The molecule has 0 saturated carbocycles. The predicted octanol–water partition coefficient (Wildman–Crippen LogP) is 2.00. The molecule has 17 heavy (non-hydrogen) atoms. The number of aliphatic hydroxyl groups is 1. The first kappa shape index (κ1) is 13.9. The Bertz CT molecular complexity index is 342. The first-order valence-electron chi connectivity index (χ1n) is 5.99. The average molecular weight is 238 g/mol. The molecule has 1 heterocycles. The van der Waals surface area contributed by atoms with Gasteiger partial charge in [0.2, 0.25) is 0 Å². The van der Waals surface area contributed by atoms with Crippen molar-refractivity contribution in [2.45, 2.75) is 32.9 Å². The highest BCUT2D eigenvalue weighted by molar-refractivity contribution is 5.42. The minimum Gasteiger partial charge on any atom is -0.389 e. The molecule has 0 aliphatic carbocycles. The van der Waals surface area contributed by atoms with Crippen LogP contribution in [0, 0.1) is 0 Å². The Hall–Kier alpha value is -1.13. The quantitative estimate of drug-likeness (QED) is 0.823. The maximum atomic E-state index is 9.57. The summed E-state index contributed by atoms with van der Waals surface area (Å²) in [5.74, 6) is 0.885. The van der Waals surface area contributed by atoms with Gasteiger partial charge in [-0.2, -0.15) is 0 Å². The molecule has 0 saturated heterocycles. The lowest BCUT2D eigenvalue weighted by Crippen LogP contribution is -2.36. The summed E-state index contributed by atoms with van der Waals surface area (Å²) in [5, 5.41) is 9.57. The predicted molar refractivity (Wildman–Crippen MR) is 69.2 cm³/mol. The number of likely N-dealkylation sites (N-methyl/N-ethyl adjacent to an activating group) is 1. The molecule has 1 N–H and O–H groups in total. The van der Waals surface area contributed by atoms with Gasteiger partial charge in [0.15, 0.2) is 0 Å². The van der Waals surface area contributed by atoms with Gasteiger partial charge in [0.1, 0.15) is 5.82 Å². The van der Waals surface area contributed by atoms with Crippen molar-refractivity contribution in [3.63, 3.8) is 0 Å². The number of ether oxygens (including phenoxy) is 1. The number of hydrogen-bond donors (Lipinski definition) is 1. The molecular formula is C13H22N2O2. The highest BCUT2D eigenvalue weighted by Gasteiger charge is 2.14. The highest BCUT2D eigenvalue weighted by Crippen LogP contribution is 2.19. The van der Waals surface area contributed by atoms with E-state index in [1.807, 2.05) is 12.1 Å². The summed E-state index contributed by atoms with van der Waals surface area (Å²) >= 11 is 0. The fourth-order valence-electron chi connectivity index (χ4n) is 1.88. The lowest BCUT2D eigenvalue weighted by molar-refractivity contribution is 0.181. The van der Waals surface area contributed by atoms with Crippen molar-refractivity contribution in [3.05, 3.63) is 23.9 Å². The third kappa shape index (κ3) is 3.68. The van der Waals surface area contributed by atoms with Crippen LogP contribution >= 0.6 is 0 Å². The van der Waals surface area contributed by atoms with Gasteiger partial charge < -0.3 is 14.7 Å². The van der Waals surface area contributed by atoms with E-state index >= 15 is 0 Å². The van der Waals surface area contributed by atoms with Gasteiger partial charge in [0.05, 0.1) is 18.8 Å². The molecule has 0 spiro atoms. The van der Waals surface area contributed by atoms with E-state index in [-0.39, 0.29) is 6.04 Å². The van der Waals surface area contributed by atoms with Crippen LogP contribution in [0.2, 0.25) is 0 Å². The third-order valence-electron chi connectivity index (χ3n) is 2.83. The van der Waals surface area contributed by atoms with E-state index in [0.29, 0.717) is 6.61 Å². The van der Waals surface area contributed by atoms with Crippen LogP contribution in [0.1, 0.15) is 32.4 Å². The largest absolute Gasteiger partial charge is 0.389 e. The third-order valence-corrected chi connectivity index (χ3v) is 2.83. The van der Waals surface area contributed by atoms with Crippen molar-refractivity contribution in [2.24, 2.45) is 0 Å². The Kier molecular flexibility index (Phi) is 5.38. The number of hydrogen-bond acceptors (Lipinski definition) is 4. The summed E-state index contributed by atoms with van der Waals surface area (Å²) in [7, 11) is 1.70. The molecule has 4 heteroatoms. The fraction of sp³-hybridized carbons (Fsp3) is 0.615. The zero-order valence-corrected chi connectivity index (χ0v) is 11.1. The normalized spacial score (nSPS) is 14.4. The van der Waals surface area contributed by atoms with Gasteiger partial charge >= 0.3 is 0 Å². The fourth-order valence-corrected chi connectivity index (χ4v) is 1.88. The number of anilines is 1. The molecule has 2 atom stereocenters. The van der Waals surface area contributed by atoms with Gasteiger partial charge in [0.25, 0.3) is 0 Å². The Balaban J connectivity index is 2.91. The van der Waals surface area contributed by atoms with Crippen LogP contribution in [0.25, 0.3) is 0 Å². The van der Waals surface area contributed by atoms with Gasteiger partial charge in [-0.25, -0.2) is 4.98 Å². The monoisotopic (exact) mass is 238 g/mol. The topological polar surface area (TPSA) is 45.6 Å². The summed E-state index contributed by atoms with van der Waals surface area (Å²) < 4.78 is 5.17. The minimum absolute atomic E-state index is 0.266. The van der Waals surface area contributed by atoms with E-state index in [1.54, 1.807) is 20.2 Å². The van der Waals surface area contributed by atoms with Crippen LogP contribution in [0.4, 0.5) is 5.82 Å². The summed E-state index contributed by atoms with van der Waals surface area (Å²) in [6.07, 6.45) is 1.27. The van der Waals surface area contributed by atoms with E-state index < -0.39 is 6.10 Å². The lowest BCUT2D eigenvalue weighted by Gasteiger charge is -2.29. The lowest BCUT2D eigenvalue weighted by atomic mass is 10.1. The Morgan fingerprint density at radius 2 is 2.18 bits per heavy atom. The standard InChI is InChI=1S/C13H22N2O2/c1-5-15(10(2)9-17-4)13-8-12(11(3)16)6-7-14-13/h6-8,10-11,16H,5,9H2,1-4H3/t10?,11-/m1/s1. The van der Waals surface area contributed by atoms with Gasteiger partial charge in [-0.1, -0.05) is 0 Å². The zero-order chi connectivity index (χ0) is 12.8. The Labute approximate surface area is 103 Å². The smallest absolute Gasteiger partial charge is 0.129 e. The number of aromatic nitrogens is 1. The van der Waals surface area contributed by atoms with Crippen molar-refractivity contribution in [1.29, 1.82) is 0 Å². The van der Waals surface area contributed by atoms with Crippen LogP contribution < -0.4 is 4.90 Å². The van der Waals surface area contributed by atoms with E-state index in [0.717, 1.165) is 17.9 Å². The van der Waals surface area contributed by atoms with Crippen molar-refractivity contribution < 1.29 is 9.84 Å². The van der Waals surface area contributed by atoms with Crippen molar-refractivity contribution >= 4 is 5.82 Å². The van der Waals surface area contributed by atoms with E-state index in [1.165, 1.54) is 0 Å². The molecular weight excluding hydrogens is 216 g/mol. The minimum atomic E-state index is -0.465. The van der Waals surface area contributed by atoms with Crippen LogP contribution in [0.15, 0.2) is 18.3 Å². The van der Waals surface area contributed by atoms with Crippen LogP contribution in [-0.2, 0) is 4.74 Å². The molecule has 1 aromatic heterocycles. The van der Waals surface area contributed by atoms with Crippen molar-refractivity contribution in [2.75, 3.05) is 25.2 Å². The maximum Gasteiger partial charge on any atom is 0.129 e. The molecule has 0 radical (unpaired) electrons. The molecule has 0 bridgehead atoms. The van der Waals surface area contributed by atoms with Crippen molar-refractivity contribution in [3.8, 4) is 0 Å². The Morgan fingerprint density at radius 1 is 1.47 bits per heavy atom. The van der Waals surface area contributed by atoms with Gasteiger partial charge in [-0.05, 0) is 38.5 Å². The van der Waals surface area contributed by atoms with Crippen LogP contribution in [0.3, 0.4) is 0 Å². The molecule has 0 fully saturated rings. The van der Waals surface area contributed by atoms with Gasteiger partial charge in [0, 0.05) is 19.9 Å². The van der Waals surface area contributed by atoms with Crippen LogP contribution in [-0.4, -0.2) is 36.4 Å². The summed E-state index contributed by atoms with van der Waals surface area (Å²) in [5.41, 5.74) is 0.887. The van der Waals surface area contributed by atoms with E-state index in [9.17, 15) is 5.11 Å². The maximum absolute atomic E-state index is 9.57. The van der Waals surface area contributed by atoms with E-state index in [4.69, 9.17) is 4.74 Å². The summed E-state index contributed by atoms with van der Waals surface area (Å²) in [4.78, 5) is 6.52. The molecule has 1 rings (SSSR count). The summed E-state index contributed by atoms with van der Waals surface area (Å²) in [6, 6.07) is 4.03. The number of aliphatic hydroxyl groups excluding tert-OH is 1. The molecule has 4 nitrogen and oxygen atoms in total.